The standard InChI is InChI=1S/C18H28N2O2/c1-14(2)18(22,16-6-4-3-5-7-16)13-20-10-8-15(9-11-20)12-17(19)21/h3-7,14-15,22H,8-13H2,1-2H3,(H2,19,21)/t18-/m1/s1. The highest BCUT2D eigenvalue weighted by molar-refractivity contribution is 5.73. The number of nitrogens with zero attached hydrogens (tertiary/aromatic N) is 1. The number of aliphatic hydroxyl groups is 1. The van der Waals surface area contributed by atoms with Crippen LogP contribution in [0.1, 0.15) is 38.7 Å². The molecule has 122 valence electrons. The summed E-state index contributed by atoms with van der Waals surface area (Å²) in [5.41, 5.74) is 5.42. The summed E-state index contributed by atoms with van der Waals surface area (Å²) in [6.45, 7) is 6.59. The molecule has 1 aromatic carbocycles. The Bertz CT molecular complexity index is 481. The molecule has 2 rings (SSSR count). The molecule has 1 amide bonds. The molecule has 1 fully saturated rings. The summed E-state index contributed by atoms with van der Waals surface area (Å²) in [5.74, 6) is 0.331. The van der Waals surface area contributed by atoms with Crippen LogP contribution < -0.4 is 5.73 Å². The molecule has 1 saturated heterocycles. The Labute approximate surface area is 133 Å². The number of nitrogens with two attached hydrogens (primary N) is 1. The molecule has 0 aromatic heterocycles. The number of primary amides is 1. The van der Waals surface area contributed by atoms with Crippen LogP contribution in [0, 0.1) is 11.8 Å². The predicted molar refractivity (Wildman–Crippen MR) is 88.2 cm³/mol. The Morgan fingerprint density at radius 3 is 2.41 bits per heavy atom. The van der Waals surface area contributed by atoms with Crippen LogP contribution in [0.25, 0.3) is 0 Å². The molecule has 0 bridgehead atoms. The van der Waals surface area contributed by atoms with Crippen LogP contribution in [0.2, 0.25) is 0 Å². The topological polar surface area (TPSA) is 66.6 Å². The van der Waals surface area contributed by atoms with Crippen molar-refractivity contribution < 1.29 is 9.90 Å². The number of hydrogen-bond acceptors (Lipinski definition) is 3. The first-order chi connectivity index (χ1) is 10.4. The number of amides is 1. The molecule has 0 radical (unpaired) electrons. The second-order valence-corrected chi connectivity index (χ2v) is 6.83. The van der Waals surface area contributed by atoms with E-state index in [4.69, 9.17) is 5.73 Å². The maximum Gasteiger partial charge on any atom is 0.217 e. The van der Waals surface area contributed by atoms with E-state index in [0.717, 1.165) is 31.5 Å². The van der Waals surface area contributed by atoms with Crippen LogP contribution in [0.3, 0.4) is 0 Å². The van der Waals surface area contributed by atoms with E-state index in [2.05, 4.69) is 18.7 Å². The van der Waals surface area contributed by atoms with Gasteiger partial charge in [0.25, 0.3) is 0 Å². The number of rotatable bonds is 6. The van der Waals surface area contributed by atoms with Crippen molar-refractivity contribution in [2.75, 3.05) is 19.6 Å². The number of hydrogen-bond donors (Lipinski definition) is 2. The molecule has 4 nitrogen and oxygen atoms in total. The lowest BCUT2D eigenvalue weighted by Gasteiger charge is -2.40. The maximum atomic E-state index is 11.2. The lowest BCUT2D eigenvalue weighted by atomic mass is 9.82. The summed E-state index contributed by atoms with van der Waals surface area (Å²) in [7, 11) is 0. The van der Waals surface area contributed by atoms with Crippen molar-refractivity contribution in [1.29, 1.82) is 0 Å². The van der Waals surface area contributed by atoms with Gasteiger partial charge in [-0.1, -0.05) is 44.2 Å². The normalized spacial score (nSPS) is 20.0. The maximum absolute atomic E-state index is 11.2. The first kappa shape index (κ1) is 17.0. The van der Waals surface area contributed by atoms with E-state index in [1.165, 1.54) is 0 Å². The van der Waals surface area contributed by atoms with Gasteiger partial charge in [0.2, 0.25) is 5.91 Å². The highest BCUT2D eigenvalue weighted by Crippen LogP contribution is 2.32. The first-order valence-electron chi connectivity index (χ1n) is 8.20. The average molecular weight is 304 g/mol. The van der Waals surface area contributed by atoms with Gasteiger partial charge in [0.15, 0.2) is 0 Å². The number of carbonyl (C=O) groups is 1. The van der Waals surface area contributed by atoms with Crippen LogP contribution >= 0.6 is 0 Å². The highest BCUT2D eigenvalue weighted by atomic mass is 16.3. The Morgan fingerprint density at radius 2 is 1.91 bits per heavy atom. The van der Waals surface area contributed by atoms with Crippen molar-refractivity contribution >= 4 is 5.91 Å². The highest BCUT2D eigenvalue weighted by Gasteiger charge is 2.36. The third-order valence-corrected chi connectivity index (χ3v) is 4.89. The molecule has 22 heavy (non-hydrogen) atoms. The summed E-state index contributed by atoms with van der Waals surface area (Å²) < 4.78 is 0. The molecule has 3 N–H and O–H groups in total. The largest absolute Gasteiger partial charge is 0.384 e. The van der Waals surface area contributed by atoms with Crippen molar-refractivity contribution in [1.82, 2.24) is 4.90 Å². The Balaban J connectivity index is 2.00. The van der Waals surface area contributed by atoms with Crippen molar-refractivity contribution in [3.63, 3.8) is 0 Å². The van der Waals surface area contributed by atoms with E-state index >= 15 is 0 Å². The summed E-state index contributed by atoms with van der Waals surface area (Å²) in [6.07, 6.45) is 2.44. The summed E-state index contributed by atoms with van der Waals surface area (Å²) in [5, 5.41) is 11.2. The van der Waals surface area contributed by atoms with Gasteiger partial charge < -0.3 is 15.7 Å². The Hall–Kier alpha value is -1.39. The third kappa shape index (κ3) is 4.08. The zero-order chi connectivity index (χ0) is 16.2. The first-order valence-corrected chi connectivity index (χ1v) is 8.20. The molecule has 0 unspecified atom stereocenters. The molecule has 1 heterocycles. The van der Waals surface area contributed by atoms with Crippen LogP contribution in [0.4, 0.5) is 0 Å². The van der Waals surface area contributed by atoms with Gasteiger partial charge in [-0.15, -0.1) is 0 Å². The van der Waals surface area contributed by atoms with Gasteiger partial charge in [0.05, 0.1) is 0 Å². The van der Waals surface area contributed by atoms with E-state index in [0.29, 0.717) is 18.9 Å². The van der Waals surface area contributed by atoms with E-state index in [1.807, 2.05) is 30.3 Å². The lowest BCUT2D eigenvalue weighted by Crippen LogP contribution is -2.47. The van der Waals surface area contributed by atoms with Crippen molar-refractivity contribution in [3.05, 3.63) is 35.9 Å². The van der Waals surface area contributed by atoms with Crippen LogP contribution in [0.5, 0.6) is 0 Å². The molecule has 1 aromatic rings. The van der Waals surface area contributed by atoms with Crippen LogP contribution in [-0.2, 0) is 10.4 Å². The second-order valence-electron chi connectivity index (χ2n) is 6.83. The van der Waals surface area contributed by atoms with Gasteiger partial charge in [-0.05, 0) is 43.3 Å². The third-order valence-electron chi connectivity index (χ3n) is 4.89. The molecule has 1 aliphatic rings. The van der Waals surface area contributed by atoms with Crippen molar-refractivity contribution in [2.24, 2.45) is 17.6 Å². The number of carbonyl (C=O) groups excluding carboxylic acids is 1. The number of benzene rings is 1. The molecular weight excluding hydrogens is 276 g/mol. The van der Waals surface area contributed by atoms with Crippen LogP contribution in [-0.4, -0.2) is 35.5 Å². The average Bonchev–Trinajstić information content (AvgIpc) is 2.49. The quantitative estimate of drug-likeness (QED) is 0.846. The number of piperidine rings is 1. The monoisotopic (exact) mass is 304 g/mol. The van der Waals surface area contributed by atoms with E-state index in [9.17, 15) is 9.90 Å². The summed E-state index contributed by atoms with van der Waals surface area (Å²) in [4.78, 5) is 13.3. The van der Waals surface area contributed by atoms with Crippen molar-refractivity contribution in [2.45, 2.75) is 38.7 Å². The fraction of sp³-hybridized carbons (Fsp3) is 0.611. The molecule has 0 spiro atoms. The number of likely N-dealkylation sites (tertiary alicyclic amines) is 1. The molecule has 0 saturated carbocycles. The minimum absolute atomic E-state index is 0.137. The molecule has 4 heteroatoms. The minimum Gasteiger partial charge on any atom is -0.384 e. The van der Waals surface area contributed by atoms with Crippen molar-refractivity contribution in [3.8, 4) is 0 Å². The molecule has 0 aliphatic carbocycles. The summed E-state index contributed by atoms with van der Waals surface area (Å²) >= 11 is 0. The van der Waals surface area contributed by atoms with Gasteiger partial charge >= 0.3 is 0 Å². The van der Waals surface area contributed by atoms with Gasteiger partial charge in [0, 0.05) is 13.0 Å². The van der Waals surface area contributed by atoms with Crippen LogP contribution in [0.15, 0.2) is 30.3 Å². The van der Waals surface area contributed by atoms with Gasteiger partial charge in [-0.2, -0.15) is 0 Å². The molecule has 1 atom stereocenters. The smallest absolute Gasteiger partial charge is 0.217 e. The zero-order valence-corrected chi connectivity index (χ0v) is 13.7. The second kappa shape index (κ2) is 7.25. The zero-order valence-electron chi connectivity index (χ0n) is 13.7. The molecule has 1 aliphatic heterocycles. The Kier molecular flexibility index (Phi) is 5.59. The SMILES string of the molecule is CC(C)[C@](O)(CN1CCC(CC(N)=O)CC1)c1ccccc1. The lowest BCUT2D eigenvalue weighted by molar-refractivity contribution is -0.119. The van der Waals surface area contributed by atoms with E-state index in [-0.39, 0.29) is 11.8 Å². The minimum atomic E-state index is -0.836. The molecular formula is C18H28N2O2. The van der Waals surface area contributed by atoms with E-state index < -0.39 is 5.60 Å². The van der Waals surface area contributed by atoms with E-state index in [1.54, 1.807) is 0 Å². The number of β-amino-alcohol motifs (C(OH)–C–C–N with tert-alkyl or cyclic N) is 1. The fourth-order valence-corrected chi connectivity index (χ4v) is 3.31. The Morgan fingerprint density at radius 1 is 1.32 bits per heavy atom. The summed E-state index contributed by atoms with van der Waals surface area (Å²) in [6, 6.07) is 9.92. The fourth-order valence-electron chi connectivity index (χ4n) is 3.31. The predicted octanol–water partition coefficient (Wildman–Crippen LogP) is 2.12. The van der Waals surface area contributed by atoms with Gasteiger partial charge in [-0.3, -0.25) is 4.79 Å². The van der Waals surface area contributed by atoms with Gasteiger partial charge in [-0.25, -0.2) is 0 Å². The van der Waals surface area contributed by atoms with Gasteiger partial charge in [0.1, 0.15) is 5.60 Å².